The molecule has 0 aliphatic carbocycles. The van der Waals surface area contributed by atoms with Crippen LogP contribution in [-0.4, -0.2) is 48.7 Å². The molecule has 126 valence electrons. The molecule has 1 aromatic carbocycles. The van der Waals surface area contributed by atoms with Crippen molar-refractivity contribution in [1.82, 2.24) is 19.7 Å². The fraction of sp³-hybridized carbons (Fsp3) is 0.333. The summed E-state index contributed by atoms with van der Waals surface area (Å²) >= 11 is 12.8. The maximum atomic E-state index is 12.3. The zero-order chi connectivity index (χ0) is 16.9. The van der Waals surface area contributed by atoms with E-state index in [9.17, 15) is 4.79 Å². The summed E-state index contributed by atoms with van der Waals surface area (Å²) in [7, 11) is 0. The minimum absolute atomic E-state index is 0.134. The average molecular weight is 382 g/mol. The molecule has 3 rings (SSSR count). The highest BCUT2D eigenvalue weighted by molar-refractivity contribution is 8.23. The van der Waals surface area contributed by atoms with Crippen LogP contribution in [0.25, 0.3) is 5.69 Å². The normalized spacial score (nSPS) is 14.0. The second kappa shape index (κ2) is 7.96. The van der Waals surface area contributed by atoms with E-state index < -0.39 is 0 Å². The van der Waals surface area contributed by atoms with Crippen molar-refractivity contribution in [2.24, 2.45) is 0 Å². The van der Waals surface area contributed by atoms with Crippen LogP contribution in [0.1, 0.15) is 12.8 Å². The number of aromatic nitrogens is 3. The van der Waals surface area contributed by atoms with Gasteiger partial charge in [0.1, 0.15) is 17.0 Å². The molecular weight excluding hydrogens is 366 g/mol. The van der Waals surface area contributed by atoms with E-state index in [-0.39, 0.29) is 11.7 Å². The lowest BCUT2D eigenvalue weighted by atomic mass is 10.2. The first-order valence-electron chi connectivity index (χ1n) is 7.49. The van der Waals surface area contributed by atoms with Gasteiger partial charge in [-0.25, -0.2) is 9.67 Å². The van der Waals surface area contributed by atoms with Gasteiger partial charge >= 0.3 is 0 Å². The van der Waals surface area contributed by atoms with Crippen molar-refractivity contribution in [3.63, 3.8) is 0 Å². The van der Waals surface area contributed by atoms with E-state index in [0.29, 0.717) is 16.4 Å². The van der Waals surface area contributed by atoms with E-state index in [4.69, 9.17) is 23.8 Å². The number of thiocarbonyl (C=S) groups is 1. The first-order chi connectivity index (χ1) is 11.6. The van der Waals surface area contributed by atoms with Crippen LogP contribution >= 0.6 is 35.6 Å². The molecule has 0 unspecified atom stereocenters. The van der Waals surface area contributed by atoms with Crippen molar-refractivity contribution in [1.29, 1.82) is 0 Å². The lowest BCUT2D eigenvalue weighted by Gasteiger charge is -2.17. The van der Waals surface area contributed by atoms with Gasteiger partial charge in [-0.15, -0.1) is 0 Å². The van der Waals surface area contributed by atoms with Gasteiger partial charge in [0, 0.05) is 18.1 Å². The molecule has 1 N–H and O–H groups in total. The van der Waals surface area contributed by atoms with Crippen molar-refractivity contribution >= 4 is 51.5 Å². The monoisotopic (exact) mass is 381 g/mol. The number of rotatable bonds is 4. The third-order valence-corrected chi connectivity index (χ3v) is 5.35. The first kappa shape index (κ1) is 17.2. The maximum Gasteiger partial charge on any atom is 0.234 e. The molecule has 2 heterocycles. The van der Waals surface area contributed by atoms with Crippen molar-refractivity contribution in [2.75, 3.05) is 24.2 Å². The highest BCUT2D eigenvalue weighted by atomic mass is 35.5. The summed E-state index contributed by atoms with van der Waals surface area (Å²) in [5.74, 6) is 0.128. The van der Waals surface area contributed by atoms with Crippen LogP contribution in [0.5, 0.6) is 0 Å². The number of carbonyl (C=O) groups excluding carboxylic acids is 1. The molecule has 0 radical (unpaired) electrons. The van der Waals surface area contributed by atoms with E-state index in [2.05, 4.69) is 20.3 Å². The summed E-state index contributed by atoms with van der Waals surface area (Å²) in [5.41, 5.74) is 1.29. The summed E-state index contributed by atoms with van der Waals surface area (Å²) in [4.78, 5) is 18.3. The Bertz CT molecular complexity index is 731. The number of hydrogen-bond donors (Lipinski definition) is 1. The van der Waals surface area contributed by atoms with Gasteiger partial charge in [0.2, 0.25) is 5.91 Å². The molecule has 0 saturated carbocycles. The first-order valence-corrected chi connectivity index (χ1v) is 9.27. The molecule has 1 saturated heterocycles. The lowest BCUT2D eigenvalue weighted by Crippen LogP contribution is -2.25. The molecule has 9 heteroatoms. The lowest BCUT2D eigenvalue weighted by molar-refractivity contribution is -0.113. The van der Waals surface area contributed by atoms with Crippen LogP contribution in [-0.2, 0) is 4.79 Å². The minimum Gasteiger partial charge on any atom is -0.358 e. The molecule has 1 fully saturated rings. The number of carbonyl (C=O) groups is 1. The Hall–Kier alpha value is -1.64. The highest BCUT2D eigenvalue weighted by Gasteiger charge is 2.17. The molecule has 0 atom stereocenters. The van der Waals surface area contributed by atoms with Gasteiger partial charge in [-0.3, -0.25) is 4.79 Å². The molecule has 2 aromatic rings. The summed E-state index contributed by atoms with van der Waals surface area (Å²) in [6, 6.07) is 5.22. The number of anilines is 1. The van der Waals surface area contributed by atoms with E-state index >= 15 is 0 Å². The molecule has 1 aliphatic heterocycles. The quantitative estimate of drug-likeness (QED) is 0.821. The standard InChI is InChI=1S/C15H16ClN5OS2/c16-11-3-4-13(21-10-17-9-18-21)12(7-11)19-14(22)8-24-15(23)20-5-1-2-6-20/h3-4,7,9-10H,1-2,5-6,8H2,(H,19,22). The van der Waals surface area contributed by atoms with Gasteiger partial charge in [0.15, 0.2) is 0 Å². The second-order valence-corrected chi connectivity index (χ2v) is 7.34. The van der Waals surface area contributed by atoms with Crippen LogP contribution in [0.3, 0.4) is 0 Å². The Kier molecular flexibility index (Phi) is 5.70. The fourth-order valence-corrected chi connectivity index (χ4v) is 3.67. The number of amides is 1. The molecule has 0 bridgehead atoms. The number of likely N-dealkylation sites (tertiary alicyclic amines) is 1. The summed E-state index contributed by atoms with van der Waals surface area (Å²) in [5, 5.41) is 7.50. The van der Waals surface area contributed by atoms with Crippen LogP contribution in [0.4, 0.5) is 5.69 Å². The molecule has 0 spiro atoms. The van der Waals surface area contributed by atoms with Crippen molar-refractivity contribution < 1.29 is 4.79 Å². The fourth-order valence-electron chi connectivity index (χ4n) is 2.45. The van der Waals surface area contributed by atoms with E-state index in [1.165, 1.54) is 18.1 Å². The van der Waals surface area contributed by atoms with E-state index in [0.717, 1.165) is 30.3 Å². The van der Waals surface area contributed by atoms with Gasteiger partial charge in [-0.2, -0.15) is 5.10 Å². The van der Waals surface area contributed by atoms with E-state index in [1.54, 1.807) is 29.2 Å². The Labute approximate surface area is 154 Å². The Morgan fingerprint density at radius 3 is 2.88 bits per heavy atom. The number of halogens is 1. The zero-order valence-corrected chi connectivity index (χ0v) is 15.2. The highest BCUT2D eigenvalue weighted by Crippen LogP contribution is 2.24. The SMILES string of the molecule is O=C(CSC(=S)N1CCCC1)Nc1cc(Cl)ccc1-n1cncn1. The second-order valence-electron chi connectivity index (χ2n) is 5.30. The number of nitrogens with zero attached hydrogens (tertiary/aromatic N) is 4. The maximum absolute atomic E-state index is 12.3. The minimum atomic E-state index is -0.134. The Morgan fingerprint density at radius 1 is 1.38 bits per heavy atom. The number of thioether (sulfide) groups is 1. The zero-order valence-electron chi connectivity index (χ0n) is 12.8. The number of hydrogen-bond acceptors (Lipinski definition) is 5. The third-order valence-electron chi connectivity index (χ3n) is 3.59. The van der Waals surface area contributed by atoms with Crippen molar-refractivity contribution in [2.45, 2.75) is 12.8 Å². The van der Waals surface area contributed by atoms with Crippen molar-refractivity contribution in [3.05, 3.63) is 35.9 Å². The topological polar surface area (TPSA) is 63.1 Å². The molecule has 6 nitrogen and oxygen atoms in total. The average Bonchev–Trinajstić information content (AvgIpc) is 3.26. The summed E-state index contributed by atoms with van der Waals surface area (Å²) in [6.45, 7) is 1.97. The predicted molar refractivity (Wildman–Crippen MR) is 101 cm³/mol. The van der Waals surface area contributed by atoms with Crippen LogP contribution in [0.15, 0.2) is 30.9 Å². The van der Waals surface area contributed by atoms with Gasteiger partial charge in [-0.1, -0.05) is 35.6 Å². The largest absolute Gasteiger partial charge is 0.358 e. The summed E-state index contributed by atoms with van der Waals surface area (Å²) < 4.78 is 2.36. The predicted octanol–water partition coefficient (Wildman–Crippen LogP) is 2.97. The molecular formula is C15H16ClN5OS2. The Morgan fingerprint density at radius 2 is 2.17 bits per heavy atom. The molecule has 1 aromatic heterocycles. The number of nitrogens with one attached hydrogen (secondary N) is 1. The van der Waals surface area contributed by atoms with Crippen molar-refractivity contribution in [3.8, 4) is 5.69 Å². The summed E-state index contributed by atoms with van der Waals surface area (Å²) in [6.07, 6.45) is 5.33. The molecule has 1 aliphatic rings. The molecule has 1 amide bonds. The van der Waals surface area contributed by atoms with Gasteiger partial charge in [-0.05, 0) is 31.0 Å². The Balaban J connectivity index is 1.63. The van der Waals surface area contributed by atoms with Gasteiger partial charge < -0.3 is 10.2 Å². The number of benzene rings is 1. The van der Waals surface area contributed by atoms with Gasteiger partial charge in [0.05, 0.1) is 17.1 Å². The van der Waals surface area contributed by atoms with E-state index in [1.807, 2.05) is 0 Å². The van der Waals surface area contributed by atoms with Crippen LogP contribution in [0.2, 0.25) is 5.02 Å². The van der Waals surface area contributed by atoms with Gasteiger partial charge in [0.25, 0.3) is 0 Å². The van der Waals surface area contributed by atoms with Crippen LogP contribution < -0.4 is 5.32 Å². The smallest absolute Gasteiger partial charge is 0.234 e. The van der Waals surface area contributed by atoms with Crippen LogP contribution in [0, 0.1) is 0 Å². The third kappa shape index (κ3) is 4.25. The molecule has 24 heavy (non-hydrogen) atoms.